The lowest BCUT2D eigenvalue weighted by Crippen LogP contribution is -2.26. The molecule has 0 saturated carbocycles. The Morgan fingerprint density at radius 3 is 2.65 bits per heavy atom. The summed E-state index contributed by atoms with van der Waals surface area (Å²) in [6, 6.07) is 6.26. The Balaban J connectivity index is 2.21. The average molecular weight is 369 g/mol. The summed E-state index contributed by atoms with van der Waals surface area (Å²) in [5.74, 6) is 0.860. The summed E-state index contributed by atoms with van der Waals surface area (Å²) < 4.78 is 1.70. The monoisotopic (exact) mass is 368 g/mol. The second kappa shape index (κ2) is 7.54. The first-order chi connectivity index (χ1) is 12.4. The van der Waals surface area contributed by atoms with E-state index in [2.05, 4.69) is 39.0 Å². The summed E-state index contributed by atoms with van der Waals surface area (Å²) in [7, 11) is 0. The molecule has 0 amide bonds. The Morgan fingerprint density at radius 1 is 1.23 bits per heavy atom. The lowest BCUT2D eigenvalue weighted by atomic mass is 10.0. The van der Waals surface area contributed by atoms with E-state index in [0.717, 1.165) is 34.6 Å². The van der Waals surface area contributed by atoms with Gasteiger partial charge in [0.1, 0.15) is 16.4 Å². The molecule has 0 aliphatic carbocycles. The van der Waals surface area contributed by atoms with Gasteiger partial charge in [-0.1, -0.05) is 25.1 Å². The molecule has 136 valence electrons. The Morgan fingerprint density at radius 2 is 2.00 bits per heavy atom. The van der Waals surface area contributed by atoms with Crippen LogP contribution in [0.25, 0.3) is 21.3 Å². The maximum atomic E-state index is 13.3. The molecule has 0 bridgehead atoms. The molecule has 0 N–H and O–H groups in total. The lowest BCUT2D eigenvalue weighted by Gasteiger charge is -2.12. The van der Waals surface area contributed by atoms with Crippen LogP contribution in [-0.2, 0) is 17.8 Å². The molecular formula is C21H24N2O2S. The normalized spacial score (nSPS) is 11.2. The predicted octanol–water partition coefficient (Wildman–Crippen LogP) is 4.67. The van der Waals surface area contributed by atoms with Crippen molar-refractivity contribution in [1.29, 1.82) is 0 Å². The number of hydrogen-bond acceptors (Lipinski definition) is 4. The number of rotatable bonds is 6. The van der Waals surface area contributed by atoms with Crippen molar-refractivity contribution < 1.29 is 4.79 Å². The number of thiophene rings is 1. The third-order valence-corrected chi connectivity index (χ3v) is 5.62. The number of carbonyl (C=O) groups is 1. The van der Waals surface area contributed by atoms with Gasteiger partial charge < -0.3 is 0 Å². The number of fused-ring (bicyclic) bond motifs is 1. The van der Waals surface area contributed by atoms with Crippen molar-refractivity contribution in [3.05, 3.63) is 50.9 Å². The third kappa shape index (κ3) is 3.49. The standard InChI is InChI=1S/C21H24N2O2S/c1-5-6-18-22-20-19(21(25)23(18)10-9-15(4)24)17(12-26-20)16-8-7-13(2)14(3)11-16/h7-8,11-12H,5-6,9-10H2,1-4H3. The van der Waals surface area contributed by atoms with Gasteiger partial charge in [-0.2, -0.15) is 0 Å². The van der Waals surface area contributed by atoms with Crippen LogP contribution in [0.2, 0.25) is 0 Å². The van der Waals surface area contributed by atoms with Gasteiger partial charge in [0, 0.05) is 30.3 Å². The van der Waals surface area contributed by atoms with Crippen LogP contribution >= 0.6 is 11.3 Å². The number of ketones is 1. The smallest absolute Gasteiger partial charge is 0.262 e. The van der Waals surface area contributed by atoms with Gasteiger partial charge in [0.25, 0.3) is 5.56 Å². The van der Waals surface area contributed by atoms with Crippen LogP contribution < -0.4 is 5.56 Å². The van der Waals surface area contributed by atoms with Crippen LogP contribution in [0.3, 0.4) is 0 Å². The number of hydrogen-bond donors (Lipinski definition) is 0. The molecule has 4 nitrogen and oxygen atoms in total. The summed E-state index contributed by atoms with van der Waals surface area (Å²) in [6.07, 6.45) is 2.00. The van der Waals surface area contributed by atoms with Gasteiger partial charge in [0.15, 0.2) is 0 Å². The molecule has 2 aromatic heterocycles. The van der Waals surface area contributed by atoms with Crippen LogP contribution in [0.5, 0.6) is 0 Å². The minimum atomic E-state index is -0.0332. The molecule has 0 fully saturated rings. The van der Waals surface area contributed by atoms with E-state index in [9.17, 15) is 9.59 Å². The fourth-order valence-electron chi connectivity index (χ4n) is 3.10. The van der Waals surface area contributed by atoms with E-state index in [1.165, 1.54) is 22.5 Å². The number of nitrogens with zero attached hydrogens (tertiary/aromatic N) is 2. The van der Waals surface area contributed by atoms with E-state index >= 15 is 0 Å². The van der Waals surface area contributed by atoms with E-state index in [4.69, 9.17) is 4.98 Å². The second-order valence-corrected chi connectivity index (χ2v) is 7.67. The highest BCUT2D eigenvalue weighted by Gasteiger charge is 2.17. The summed E-state index contributed by atoms with van der Waals surface area (Å²) >= 11 is 1.51. The summed E-state index contributed by atoms with van der Waals surface area (Å²) in [5.41, 5.74) is 4.38. The first-order valence-corrected chi connectivity index (χ1v) is 9.88. The first-order valence-electron chi connectivity index (χ1n) is 9.00. The van der Waals surface area contributed by atoms with Gasteiger partial charge >= 0.3 is 0 Å². The van der Waals surface area contributed by atoms with Crippen molar-refractivity contribution >= 4 is 27.3 Å². The van der Waals surface area contributed by atoms with Gasteiger partial charge in [-0.25, -0.2) is 4.98 Å². The van der Waals surface area contributed by atoms with Crippen LogP contribution in [0.1, 0.15) is 43.6 Å². The Labute approximate surface area is 157 Å². The van der Waals surface area contributed by atoms with Crippen molar-refractivity contribution in [3.8, 4) is 11.1 Å². The molecule has 26 heavy (non-hydrogen) atoms. The Hall–Kier alpha value is -2.27. The van der Waals surface area contributed by atoms with E-state index in [1.54, 1.807) is 11.5 Å². The zero-order valence-corrected chi connectivity index (χ0v) is 16.6. The maximum absolute atomic E-state index is 13.3. The molecule has 3 aromatic rings. The molecule has 5 heteroatoms. The molecular weight excluding hydrogens is 344 g/mol. The molecule has 0 saturated heterocycles. The molecule has 0 aliphatic heterocycles. The largest absolute Gasteiger partial charge is 0.300 e. The molecule has 1 aromatic carbocycles. The quantitative estimate of drug-likeness (QED) is 0.635. The van der Waals surface area contributed by atoms with E-state index in [-0.39, 0.29) is 11.3 Å². The number of carbonyl (C=O) groups excluding carboxylic acids is 1. The minimum absolute atomic E-state index is 0.0332. The zero-order valence-electron chi connectivity index (χ0n) is 15.8. The highest BCUT2D eigenvalue weighted by molar-refractivity contribution is 7.17. The van der Waals surface area contributed by atoms with Gasteiger partial charge in [-0.15, -0.1) is 11.3 Å². The molecule has 3 rings (SSSR count). The number of Topliss-reactive ketones (excluding diaryl/α,β-unsaturated/α-hetero) is 1. The topological polar surface area (TPSA) is 52.0 Å². The molecule has 0 aliphatic rings. The van der Waals surface area contributed by atoms with Crippen molar-refractivity contribution in [1.82, 2.24) is 9.55 Å². The summed E-state index contributed by atoms with van der Waals surface area (Å²) in [6.45, 7) is 8.19. The molecule has 0 unspecified atom stereocenters. The maximum Gasteiger partial charge on any atom is 0.262 e. The van der Waals surface area contributed by atoms with Crippen molar-refractivity contribution in [2.75, 3.05) is 0 Å². The van der Waals surface area contributed by atoms with E-state index < -0.39 is 0 Å². The Bertz CT molecular complexity index is 1030. The zero-order chi connectivity index (χ0) is 18.8. The van der Waals surface area contributed by atoms with Gasteiger partial charge in [-0.3, -0.25) is 14.2 Å². The fraction of sp³-hybridized carbons (Fsp3) is 0.381. The Kier molecular flexibility index (Phi) is 5.37. The van der Waals surface area contributed by atoms with Crippen LogP contribution in [0, 0.1) is 13.8 Å². The molecule has 0 spiro atoms. The highest BCUT2D eigenvalue weighted by atomic mass is 32.1. The molecule has 0 radical (unpaired) electrons. The SMILES string of the molecule is CCCc1nc2scc(-c3ccc(C)c(C)c3)c2c(=O)n1CCC(C)=O. The van der Waals surface area contributed by atoms with Gasteiger partial charge in [-0.05, 0) is 43.9 Å². The van der Waals surface area contributed by atoms with Gasteiger partial charge in [0.05, 0.1) is 5.39 Å². The summed E-state index contributed by atoms with van der Waals surface area (Å²) in [5, 5.41) is 2.69. The summed E-state index contributed by atoms with van der Waals surface area (Å²) in [4.78, 5) is 30.2. The highest BCUT2D eigenvalue weighted by Crippen LogP contribution is 2.32. The van der Waals surface area contributed by atoms with Crippen molar-refractivity contribution in [2.45, 2.75) is 53.5 Å². The average Bonchev–Trinajstić information content (AvgIpc) is 3.01. The molecule has 2 heterocycles. The predicted molar refractivity (Wildman–Crippen MR) is 108 cm³/mol. The second-order valence-electron chi connectivity index (χ2n) is 6.82. The van der Waals surface area contributed by atoms with Crippen LogP contribution in [0.4, 0.5) is 0 Å². The minimum Gasteiger partial charge on any atom is -0.300 e. The van der Waals surface area contributed by atoms with E-state index in [1.807, 2.05) is 5.38 Å². The lowest BCUT2D eigenvalue weighted by molar-refractivity contribution is -0.117. The first kappa shape index (κ1) is 18.5. The van der Waals surface area contributed by atoms with Crippen LogP contribution in [0.15, 0.2) is 28.4 Å². The van der Waals surface area contributed by atoms with Crippen molar-refractivity contribution in [2.24, 2.45) is 0 Å². The number of benzene rings is 1. The van der Waals surface area contributed by atoms with E-state index in [0.29, 0.717) is 18.4 Å². The fourth-order valence-corrected chi connectivity index (χ4v) is 4.06. The van der Waals surface area contributed by atoms with Crippen LogP contribution in [-0.4, -0.2) is 15.3 Å². The number of aromatic nitrogens is 2. The van der Waals surface area contributed by atoms with Crippen molar-refractivity contribution in [3.63, 3.8) is 0 Å². The third-order valence-electron chi connectivity index (χ3n) is 4.75. The number of aryl methyl sites for hydroxylation is 3. The van der Waals surface area contributed by atoms with Gasteiger partial charge in [0.2, 0.25) is 0 Å². The molecule has 0 atom stereocenters.